The average molecular weight is 311 g/mol. The van der Waals surface area contributed by atoms with E-state index in [1.54, 1.807) is 0 Å². The Balaban J connectivity index is 2.44. The van der Waals surface area contributed by atoms with Crippen LogP contribution in [-0.2, 0) is 4.79 Å². The fourth-order valence-corrected chi connectivity index (χ4v) is 2.62. The van der Waals surface area contributed by atoms with E-state index in [0.29, 0.717) is 29.8 Å². The molecule has 0 saturated heterocycles. The minimum absolute atomic E-state index is 0.00164. The van der Waals surface area contributed by atoms with Crippen molar-refractivity contribution in [1.29, 1.82) is 0 Å². The van der Waals surface area contributed by atoms with Gasteiger partial charge in [-0.1, -0.05) is 37.6 Å². The van der Waals surface area contributed by atoms with Gasteiger partial charge >= 0.3 is 0 Å². The quantitative estimate of drug-likeness (QED) is 0.764. The van der Waals surface area contributed by atoms with Crippen molar-refractivity contribution in [2.24, 2.45) is 17.6 Å². The summed E-state index contributed by atoms with van der Waals surface area (Å²) in [5, 5.41) is 3.75. The molecule has 0 bridgehead atoms. The van der Waals surface area contributed by atoms with Crippen LogP contribution >= 0.6 is 11.6 Å². The zero-order chi connectivity index (χ0) is 15.8. The van der Waals surface area contributed by atoms with E-state index in [1.165, 1.54) is 0 Å². The normalized spacial score (nSPS) is 14.0. The molecule has 0 saturated carbocycles. The largest absolute Gasteiger partial charge is 0.350 e. The molecule has 1 amide bonds. The molecule has 3 N–H and O–H groups in total. The molecule has 1 aromatic rings. The summed E-state index contributed by atoms with van der Waals surface area (Å²) in [5.41, 5.74) is 6.70. The number of carbonyl (C=O) groups is 1. The summed E-state index contributed by atoms with van der Waals surface area (Å²) in [6.45, 7) is 7.05. The zero-order valence-electron chi connectivity index (χ0n) is 13.2. The maximum absolute atomic E-state index is 12.1. The first-order valence-corrected chi connectivity index (χ1v) is 8.06. The van der Waals surface area contributed by atoms with Gasteiger partial charge in [0.2, 0.25) is 5.91 Å². The molecule has 118 valence electrons. The summed E-state index contributed by atoms with van der Waals surface area (Å²) in [4.78, 5) is 12.1. The van der Waals surface area contributed by atoms with Crippen LogP contribution < -0.4 is 11.1 Å². The first-order valence-electron chi connectivity index (χ1n) is 7.69. The van der Waals surface area contributed by atoms with Gasteiger partial charge in [0.05, 0.1) is 6.04 Å². The highest BCUT2D eigenvalue weighted by molar-refractivity contribution is 6.30. The molecule has 1 unspecified atom stereocenters. The third-order valence-corrected chi connectivity index (χ3v) is 4.22. The molecule has 0 heterocycles. The minimum atomic E-state index is 0.00164. The second-order valence-electron chi connectivity index (χ2n) is 5.96. The van der Waals surface area contributed by atoms with E-state index in [2.05, 4.69) is 19.2 Å². The number of amides is 1. The summed E-state index contributed by atoms with van der Waals surface area (Å²) in [7, 11) is 0. The zero-order valence-corrected chi connectivity index (χ0v) is 14.0. The van der Waals surface area contributed by atoms with Crippen LogP contribution in [0.25, 0.3) is 0 Å². The lowest BCUT2D eigenvalue weighted by molar-refractivity contribution is -0.122. The van der Waals surface area contributed by atoms with Crippen LogP contribution in [0.5, 0.6) is 0 Å². The Kier molecular flexibility index (Phi) is 7.76. The van der Waals surface area contributed by atoms with Crippen LogP contribution in [0.3, 0.4) is 0 Å². The highest BCUT2D eigenvalue weighted by Crippen LogP contribution is 2.21. The Morgan fingerprint density at radius 3 is 2.33 bits per heavy atom. The van der Waals surface area contributed by atoms with Crippen molar-refractivity contribution in [3.63, 3.8) is 0 Å². The Labute approximate surface area is 133 Å². The van der Waals surface area contributed by atoms with Crippen molar-refractivity contribution in [3.8, 4) is 0 Å². The Bertz CT molecular complexity index is 431. The monoisotopic (exact) mass is 310 g/mol. The van der Waals surface area contributed by atoms with Gasteiger partial charge in [0.1, 0.15) is 0 Å². The van der Waals surface area contributed by atoms with E-state index in [1.807, 2.05) is 31.2 Å². The molecule has 0 aromatic heterocycles. The second kappa shape index (κ2) is 9.06. The summed E-state index contributed by atoms with van der Waals surface area (Å²) < 4.78 is 0. The lowest BCUT2D eigenvalue weighted by atomic mass is 9.88. The van der Waals surface area contributed by atoms with E-state index in [-0.39, 0.29) is 11.9 Å². The number of hydrogen-bond donors (Lipinski definition) is 2. The smallest absolute Gasteiger partial charge is 0.220 e. The van der Waals surface area contributed by atoms with Crippen molar-refractivity contribution in [1.82, 2.24) is 5.32 Å². The van der Waals surface area contributed by atoms with Gasteiger partial charge < -0.3 is 11.1 Å². The summed E-state index contributed by atoms with van der Waals surface area (Å²) in [5.74, 6) is 1.18. The van der Waals surface area contributed by atoms with Gasteiger partial charge in [-0.25, -0.2) is 0 Å². The maximum Gasteiger partial charge on any atom is 0.220 e. The highest BCUT2D eigenvalue weighted by atomic mass is 35.5. The fourth-order valence-electron chi connectivity index (χ4n) is 2.49. The van der Waals surface area contributed by atoms with Crippen LogP contribution in [0.15, 0.2) is 24.3 Å². The predicted octanol–water partition coefficient (Wildman–Crippen LogP) is 3.92. The number of nitrogens with one attached hydrogen (secondary N) is 1. The Morgan fingerprint density at radius 2 is 1.81 bits per heavy atom. The SMILES string of the molecule is CC(C)C(CCN)CCC(=O)N[C@@H](C)c1ccc(Cl)cc1. The van der Waals surface area contributed by atoms with Crippen molar-refractivity contribution < 1.29 is 4.79 Å². The van der Waals surface area contributed by atoms with Crippen molar-refractivity contribution in [2.45, 2.75) is 46.1 Å². The van der Waals surface area contributed by atoms with Gasteiger partial charge in [0.25, 0.3) is 0 Å². The molecule has 0 aliphatic rings. The first kappa shape index (κ1) is 18.0. The molecule has 0 aliphatic carbocycles. The summed E-state index contributed by atoms with van der Waals surface area (Å²) >= 11 is 5.87. The molecule has 1 aromatic carbocycles. The molecule has 1 rings (SSSR count). The molecule has 0 aliphatic heterocycles. The maximum atomic E-state index is 12.1. The lowest BCUT2D eigenvalue weighted by Gasteiger charge is -2.20. The number of benzene rings is 1. The molecular formula is C17H27ClN2O. The van der Waals surface area contributed by atoms with Crippen molar-refractivity contribution in [2.75, 3.05) is 6.54 Å². The average Bonchev–Trinajstić information content (AvgIpc) is 2.43. The van der Waals surface area contributed by atoms with E-state index in [0.717, 1.165) is 18.4 Å². The van der Waals surface area contributed by atoms with Gasteiger partial charge in [-0.05, 0) is 55.8 Å². The third-order valence-electron chi connectivity index (χ3n) is 3.97. The Morgan fingerprint density at radius 1 is 1.19 bits per heavy atom. The molecule has 0 fully saturated rings. The van der Waals surface area contributed by atoms with Crippen LogP contribution in [0, 0.1) is 11.8 Å². The molecular weight excluding hydrogens is 284 g/mol. The van der Waals surface area contributed by atoms with Gasteiger partial charge in [-0.15, -0.1) is 0 Å². The number of halogens is 1. The standard InChI is InChI=1S/C17H27ClN2O/c1-12(2)14(10-11-19)6-9-17(21)20-13(3)15-4-7-16(18)8-5-15/h4-5,7-8,12-14H,6,9-11,19H2,1-3H3,(H,20,21)/t13-,14?/m0/s1. The molecule has 0 spiro atoms. The van der Waals surface area contributed by atoms with Crippen molar-refractivity contribution in [3.05, 3.63) is 34.9 Å². The molecule has 3 nitrogen and oxygen atoms in total. The lowest BCUT2D eigenvalue weighted by Crippen LogP contribution is -2.27. The van der Waals surface area contributed by atoms with E-state index < -0.39 is 0 Å². The Hall–Kier alpha value is -1.06. The first-order chi connectivity index (χ1) is 9.93. The van der Waals surface area contributed by atoms with E-state index >= 15 is 0 Å². The van der Waals surface area contributed by atoms with Crippen LogP contribution in [0.1, 0.15) is 51.6 Å². The summed E-state index contributed by atoms with van der Waals surface area (Å²) in [6, 6.07) is 7.57. The molecule has 21 heavy (non-hydrogen) atoms. The second-order valence-corrected chi connectivity index (χ2v) is 6.40. The van der Waals surface area contributed by atoms with Crippen LogP contribution in [-0.4, -0.2) is 12.5 Å². The van der Waals surface area contributed by atoms with Gasteiger partial charge in [0, 0.05) is 11.4 Å². The predicted molar refractivity (Wildman–Crippen MR) is 89.2 cm³/mol. The highest BCUT2D eigenvalue weighted by Gasteiger charge is 2.15. The molecule has 4 heteroatoms. The van der Waals surface area contributed by atoms with E-state index in [9.17, 15) is 4.79 Å². The summed E-state index contributed by atoms with van der Waals surface area (Å²) in [6.07, 6.45) is 2.44. The fraction of sp³-hybridized carbons (Fsp3) is 0.588. The van der Waals surface area contributed by atoms with Gasteiger partial charge in [-0.3, -0.25) is 4.79 Å². The van der Waals surface area contributed by atoms with Crippen LogP contribution in [0.4, 0.5) is 0 Å². The van der Waals surface area contributed by atoms with Crippen molar-refractivity contribution >= 4 is 17.5 Å². The number of nitrogens with two attached hydrogens (primary N) is 1. The van der Waals surface area contributed by atoms with Gasteiger partial charge in [-0.2, -0.15) is 0 Å². The van der Waals surface area contributed by atoms with Crippen LogP contribution in [0.2, 0.25) is 5.02 Å². The topological polar surface area (TPSA) is 55.1 Å². The number of rotatable bonds is 8. The van der Waals surface area contributed by atoms with Gasteiger partial charge in [0.15, 0.2) is 0 Å². The number of hydrogen-bond acceptors (Lipinski definition) is 2. The third kappa shape index (κ3) is 6.49. The van der Waals surface area contributed by atoms with E-state index in [4.69, 9.17) is 17.3 Å². The molecule has 0 radical (unpaired) electrons. The molecule has 2 atom stereocenters. The number of carbonyl (C=O) groups excluding carboxylic acids is 1. The minimum Gasteiger partial charge on any atom is -0.350 e.